The Labute approximate surface area is 126 Å². The van der Waals surface area contributed by atoms with E-state index in [1.54, 1.807) is 6.07 Å². The molecule has 0 saturated heterocycles. The van der Waals surface area contributed by atoms with Gasteiger partial charge in [-0.05, 0) is 6.07 Å². The van der Waals surface area contributed by atoms with Crippen molar-refractivity contribution in [2.24, 2.45) is 10.9 Å². The van der Waals surface area contributed by atoms with Gasteiger partial charge < -0.3 is 15.7 Å². The Kier molecular flexibility index (Phi) is 4.28. The summed E-state index contributed by atoms with van der Waals surface area (Å²) in [5, 5.41) is 22.0. The molecular formula is C11H8BrN5O4. The Morgan fingerprint density at radius 3 is 2.71 bits per heavy atom. The smallest absolute Gasteiger partial charge is 0.274 e. The second kappa shape index (κ2) is 6.13. The van der Waals surface area contributed by atoms with Crippen LogP contribution in [-0.2, 0) is 0 Å². The minimum Gasteiger partial charge on any atom is -0.437 e. The number of hydrogen-bond donors (Lipinski definition) is 2. The molecule has 0 radical (unpaired) electrons. The highest BCUT2D eigenvalue weighted by atomic mass is 79.9. The monoisotopic (exact) mass is 353 g/mol. The van der Waals surface area contributed by atoms with Gasteiger partial charge in [0.25, 0.3) is 5.69 Å². The molecule has 0 amide bonds. The number of halogens is 1. The predicted molar refractivity (Wildman–Crippen MR) is 75.4 cm³/mol. The molecule has 0 atom stereocenters. The van der Waals surface area contributed by atoms with Crippen LogP contribution in [-0.4, -0.2) is 25.9 Å². The van der Waals surface area contributed by atoms with Crippen LogP contribution in [0.25, 0.3) is 0 Å². The molecule has 1 heterocycles. The quantitative estimate of drug-likeness (QED) is 0.282. The van der Waals surface area contributed by atoms with Crippen LogP contribution in [0.1, 0.15) is 5.69 Å². The molecule has 2 aromatic rings. The van der Waals surface area contributed by atoms with E-state index in [9.17, 15) is 10.1 Å². The molecule has 10 heteroatoms. The van der Waals surface area contributed by atoms with Crippen LogP contribution in [0.15, 0.2) is 40.2 Å². The molecule has 3 N–H and O–H groups in total. The molecule has 21 heavy (non-hydrogen) atoms. The number of nitro benzene ring substituents is 1. The van der Waals surface area contributed by atoms with Gasteiger partial charge in [-0.1, -0.05) is 21.1 Å². The van der Waals surface area contributed by atoms with Crippen LogP contribution < -0.4 is 10.5 Å². The van der Waals surface area contributed by atoms with Crippen molar-refractivity contribution in [2.45, 2.75) is 0 Å². The SMILES string of the molecule is N/C(=N/O)c1cnc(Oc2cc(Br)cc([N+](=O)[O-])c2)cn1. The zero-order valence-electron chi connectivity index (χ0n) is 10.3. The molecular weight excluding hydrogens is 346 g/mol. The van der Waals surface area contributed by atoms with E-state index in [1.807, 2.05) is 0 Å². The van der Waals surface area contributed by atoms with Gasteiger partial charge in [-0.2, -0.15) is 0 Å². The van der Waals surface area contributed by atoms with Gasteiger partial charge in [0.05, 0.1) is 23.4 Å². The fourth-order valence-corrected chi connectivity index (χ4v) is 1.85. The van der Waals surface area contributed by atoms with Crippen molar-refractivity contribution in [3.63, 3.8) is 0 Å². The van der Waals surface area contributed by atoms with Crippen molar-refractivity contribution in [1.82, 2.24) is 9.97 Å². The van der Waals surface area contributed by atoms with E-state index in [0.717, 1.165) is 0 Å². The van der Waals surface area contributed by atoms with Gasteiger partial charge >= 0.3 is 0 Å². The second-order valence-corrected chi connectivity index (χ2v) is 4.65. The minimum absolute atomic E-state index is 0.108. The van der Waals surface area contributed by atoms with E-state index in [-0.39, 0.29) is 28.8 Å². The van der Waals surface area contributed by atoms with Crippen molar-refractivity contribution < 1.29 is 14.9 Å². The maximum atomic E-state index is 10.8. The lowest BCUT2D eigenvalue weighted by Gasteiger charge is -2.05. The van der Waals surface area contributed by atoms with Gasteiger partial charge in [-0.25, -0.2) is 9.97 Å². The molecule has 0 saturated carbocycles. The summed E-state index contributed by atoms with van der Waals surface area (Å²) in [6, 6.07) is 4.15. The normalized spacial score (nSPS) is 11.2. The molecule has 0 aliphatic carbocycles. The number of aromatic nitrogens is 2. The molecule has 0 bridgehead atoms. The van der Waals surface area contributed by atoms with Gasteiger partial charge in [0.2, 0.25) is 5.88 Å². The van der Waals surface area contributed by atoms with Gasteiger partial charge in [0.1, 0.15) is 11.4 Å². The summed E-state index contributed by atoms with van der Waals surface area (Å²) in [4.78, 5) is 18.0. The molecule has 0 aliphatic rings. The number of benzene rings is 1. The molecule has 0 aliphatic heterocycles. The maximum Gasteiger partial charge on any atom is 0.274 e. The van der Waals surface area contributed by atoms with E-state index in [2.05, 4.69) is 31.1 Å². The highest BCUT2D eigenvalue weighted by Gasteiger charge is 2.11. The van der Waals surface area contributed by atoms with Crippen molar-refractivity contribution in [3.05, 3.63) is 50.9 Å². The Bertz CT molecular complexity index is 704. The van der Waals surface area contributed by atoms with E-state index in [4.69, 9.17) is 15.7 Å². The van der Waals surface area contributed by atoms with Gasteiger partial charge in [0.15, 0.2) is 5.84 Å². The molecule has 0 fully saturated rings. The molecule has 1 aromatic carbocycles. The number of ether oxygens (including phenoxy) is 1. The summed E-state index contributed by atoms with van der Waals surface area (Å²) in [6.45, 7) is 0. The molecule has 2 rings (SSSR count). The third-order valence-corrected chi connectivity index (χ3v) is 2.75. The van der Waals surface area contributed by atoms with Crippen LogP contribution in [0.4, 0.5) is 5.69 Å². The summed E-state index contributed by atoms with van der Waals surface area (Å²) in [5.74, 6) is 0.144. The summed E-state index contributed by atoms with van der Waals surface area (Å²) >= 11 is 3.15. The number of hydrogen-bond acceptors (Lipinski definition) is 7. The average molecular weight is 354 g/mol. The zero-order chi connectivity index (χ0) is 15.4. The molecule has 1 aromatic heterocycles. The molecule has 108 valence electrons. The van der Waals surface area contributed by atoms with Crippen molar-refractivity contribution in [3.8, 4) is 11.6 Å². The Balaban J connectivity index is 2.24. The van der Waals surface area contributed by atoms with E-state index < -0.39 is 4.92 Å². The minimum atomic E-state index is -0.537. The highest BCUT2D eigenvalue weighted by molar-refractivity contribution is 9.10. The number of nitro groups is 1. The fraction of sp³-hybridized carbons (Fsp3) is 0. The second-order valence-electron chi connectivity index (χ2n) is 3.73. The molecule has 0 unspecified atom stereocenters. The standard InChI is InChI=1S/C11H8BrN5O4/c12-6-1-7(17(19)20)3-8(2-6)21-10-5-14-9(4-15-10)11(13)16-18/h1-5,18H,(H2,13,16). The first-order chi connectivity index (χ1) is 9.99. The lowest BCUT2D eigenvalue weighted by atomic mass is 10.3. The first-order valence-electron chi connectivity index (χ1n) is 5.42. The summed E-state index contributed by atoms with van der Waals surface area (Å²) in [5.41, 5.74) is 5.39. The number of oxime groups is 1. The topological polar surface area (TPSA) is 137 Å². The highest BCUT2D eigenvalue weighted by Crippen LogP contribution is 2.28. The summed E-state index contributed by atoms with van der Waals surface area (Å²) in [6.07, 6.45) is 2.50. The van der Waals surface area contributed by atoms with Crippen LogP contribution in [0, 0.1) is 10.1 Å². The van der Waals surface area contributed by atoms with Gasteiger partial charge in [-0.3, -0.25) is 10.1 Å². The Morgan fingerprint density at radius 2 is 2.14 bits per heavy atom. The number of amidine groups is 1. The zero-order valence-corrected chi connectivity index (χ0v) is 11.9. The predicted octanol–water partition coefficient (Wildman–Crippen LogP) is 2.03. The Hall–Kier alpha value is -2.75. The lowest BCUT2D eigenvalue weighted by molar-refractivity contribution is -0.385. The summed E-state index contributed by atoms with van der Waals surface area (Å²) < 4.78 is 5.86. The van der Waals surface area contributed by atoms with Crippen LogP contribution >= 0.6 is 15.9 Å². The first-order valence-corrected chi connectivity index (χ1v) is 6.21. The average Bonchev–Trinajstić information content (AvgIpc) is 2.46. The van der Waals surface area contributed by atoms with Crippen molar-refractivity contribution >= 4 is 27.5 Å². The molecule has 0 spiro atoms. The third-order valence-electron chi connectivity index (χ3n) is 2.29. The number of non-ortho nitro benzene ring substituents is 1. The van der Waals surface area contributed by atoms with Crippen molar-refractivity contribution in [2.75, 3.05) is 0 Å². The fourth-order valence-electron chi connectivity index (χ4n) is 1.39. The van der Waals surface area contributed by atoms with Crippen LogP contribution in [0.2, 0.25) is 0 Å². The summed E-state index contributed by atoms with van der Waals surface area (Å²) in [7, 11) is 0. The van der Waals surface area contributed by atoms with E-state index in [0.29, 0.717) is 4.47 Å². The molecule has 9 nitrogen and oxygen atoms in total. The van der Waals surface area contributed by atoms with Crippen LogP contribution in [0.3, 0.4) is 0 Å². The largest absolute Gasteiger partial charge is 0.437 e. The van der Waals surface area contributed by atoms with Crippen molar-refractivity contribution in [1.29, 1.82) is 0 Å². The van der Waals surface area contributed by atoms with E-state index in [1.165, 1.54) is 24.5 Å². The van der Waals surface area contributed by atoms with Gasteiger partial charge in [0, 0.05) is 10.5 Å². The van der Waals surface area contributed by atoms with Crippen LogP contribution in [0.5, 0.6) is 11.6 Å². The number of rotatable bonds is 4. The van der Waals surface area contributed by atoms with Gasteiger partial charge in [-0.15, -0.1) is 0 Å². The van der Waals surface area contributed by atoms with E-state index >= 15 is 0 Å². The Morgan fingerprint density at radius 1 is 1.38 bits per heavy atom. The number of nitrogens with zero attached hydrogens (tertiary/aromatic N) is 4. The lowest BCUT2D eigenvalue weighted by Crippen LogP contribution is -2.15. The first kappa shape index (κ1) is 14.7. The number of nitrogens with two attached hydrogens (primary N) is 1. The maximum absolute atomic E-state index is 10.8. The third kappa shape index (κ3) is 3.63.